The van der Waals surface area contributed by atoms with Crippen LogP contribution in [-0.2, 0) is 0 Å². The van der Waals surface area contributed by atoms with E-state index in [0.29, 0.717) is 0 Å². The van der Waals surface area contributed by atoms with E-state index in [0.717, 1.165) is 17.1 Å². The average Bonchev–Trinajstić information content (AvgIpc) is 2.55. The predicted octanol–water partition coefficient (Wildman–Crippen LogP) is 4.82. The number of hydrogen-bond donors (Lipinski definition) is 0. The maximum Gasteiger partial charge on any atom is 0.155 e. The topological polar surface area (TPSA) is 12.5 Å². The molecular formula is C18H15NO. The number of para-hydroxylation sites is 3. The van der Waals surface area contributed by atoms with Gasteiger partial charge in [0.2, 0.25) is 0 Å². The molecule has 0 N–H and O–H groups in total. The standard InChI is InChI=1S/C18H15NO/c1-4-10-16(11-5-1)19(17-12-6-2-7-13-17)20-18-14-8-3-9-15-18/h1-15H. The van der Waals surface area contributed by atoms with E-state index in [2.05, 4.69) is 0 Å². The third-order valence-corrected chi connectivity index (χ3v) is 2.92. The lowest BCUT2D eigenvalue weighted by Crippen LogP contribution is -2.21. The largest absolute Gasteiger partial charge is 0.375 e. The molecule has 0 unspecified atom stereocenters. The molecule has 0 bridgehead atoms. The molecule has 2 nitrogen and oxygen atoms in total. The van der Waals surface area contributed by atoms with Gasteiger partial charge in [0.05, 0.1) is 11.4 Å². The van der Waals surface area contributed by atoms with Gasteiger partial charge in [0.15, 0.2) is 5.75 Å². The minimum absolute atomic E-state index is 0.806. The van der Waals surface area contributed by atoms with Gasteiger partial charge in [-0.3, -0.25) is 0 Å². The van der Waals surface area contributed by atoms with Crippen LogP contribution in [-0.4, -0.2) is 0 Å². The Morgan fingerprint density at radius 2 is 0.900 bits per heavy atom. The highest BCUT2D eigenvalue weighted by molar-refractivity contribution is 5.60. The number of nitrogens with zero attached hydrogens (tertiary/aromatic N) is 1. The fourth-order valence-electron chi connectivity index (χ4n) is 1.97. The second-order valence-corrected chi connectivity index (χ2v) is 4.37. The highest BCUT2D eigenvalue weighted by atomic mass is 16.7. The van der Waals surface area contributed by atoms with Gasteiger partial charge in [-0.2, -0.15) is 5.06 Å². The van der Waals surface area contributed by atoms with Gasteiger partial charge in [-0.15, -0.1) is 0 Å². The van der Waals surface area contributed by atoms with Crippen LogP contribution in [0, 0.1) is 0 Å². The maximum atomic E-state index is 6.02. The van der Waals surface area contributed by atoms with E-state index >= 15 is 0 Å². The quantitative estimate of drug-likeness (QED) is 0.624. The zero-order valence-corrected chi connectivity index (χ0v) is 11.0. The Kier molecular flexibility index (Phi) is 3.65. The monoisotopic (exact) mass is 261 g/mol. The summed E-state index contributed by atoms with van der Waals surface area (Å²) in [6.07, 6.45) is 0. The first-order chi connectivity index (χ1) is 9.93. The molecule has 3 aromatic carbocycles. The van der Waals surface area contributed by atoms with E-state index < -0.39 is 0 Å². The molecule has 0 spiro atoms. The first-order valence-electron chi connectivity index (χ1n) is 6.57. The van der Waals surface area contributed by atoms with Crippen molar-refractivity contribution < 1.29 is 4.84 Å². The Bertz CT molecular complexity index is 599. The molecule has 98 valence electrons. The summed E-state index contributed by atoms with van der Waals surface area (Å²) < 4.78 is 0. The van der Waals surface area contributed by atoms with Gasteiger partial charge in [0.1, 0.15) is 0 Å². The third kappa shape index (κ3) is 2.81. The van der Waals surface area contributed by atoms with Crippen molar-refractivity contribution in [3.63, 3.8) is 0 Å². The SMILES string of the molecule is c1ccc(ON(c2ccccc2)c2ccccc2)cc1. The van der Waals surface area contributed by atoms with Crippen LogP contribution in [0.1, 0.15) is 0 Å². The first kappa shape index (κ1) is 12.3. The summed E-state index contributed by atoms with van der Waals surface area (Å²) in [5.74, 6) is 0.806. The first-order valence-corrected chi connectivity index (χ1v) is 6.57. The summed E-state index contributed by atoms with van der Waals surface area (Å²) in [6, 6.07) is 29.9. The van der Waals surface area contributed by atoms with Crippen molar-refractivity contribution in [2.75, 3.05) is 5.06 Å². The van der Waals surface area contributed by atoms with Crippen molar-refractivity contribution in [2.45, 2.75) is 0 Å². The normalized spacial score (nSPS) is 10.0. The van der Waals surface area contributed by atoms with Crippen LogP contribution in [0.3, 0.4) is 0 Å². The summed E-state index contributed by atoms with van der Waals surface area (Å²) in [6.45, 7) is 0. The maximum absolute atomic E-state index is 6.02. The van der Waals surface area contributed by atoms with Gasteiger partial charge in [-0.05, 0) is 36.4 Å². The molecule has 0 fully saturated rings. The third-order valence-electron chi connectivity index (χ3n) is 2.92. The summed E-state index contributed by atoms with van der Waals surface area (Å²) in [5.41, 5.74) is 1.98. The molecule has 0 heterocycles. The Morgan fingerprint density at radius 3 is 1.35 bits per heavy atom. The second-order valence-electron chi connectivity index (χ2n) is 4.37. The molecule has 0 saturated heterocycles. The minimum atomic E-state index is 0.806. The van der Waals surface area contributed by atoms with Gasteiger partial charge in [-0.1, -0.05) is 54.6 Å². The number of anilines is 2. The van der Waals surface area contributed by atoms with Crippen molar-refractivity contribution in [3.8, 4) is 5.75 Å². The van der Waals surface area contributed by atoms with Crippen molar-refractivity contribution in [3.05, 3.63) is 91.0 Å². The van der Waals surface area contributed by atoms with Crippen LogP contribution in [0.5, 0.6) is 5.75 Å². The molecule has 2 heteroatoms. The lowest BCUT2D eigenvalue weighted by atomic mass is 10.2. The van der Waals surface area contributed by atoms with E-state index in [1.807, 2.05) is 96.1 Å². The van der Waals surface area contributed by atoms with Gasteiger partial charge in [0.25, 0.3) is 0 Å². The van der Waals surface area contributed by atoms with Crippen molar-refractivity contribution in [1.82, 2.24) is 0 Å². The number of hydrogen-bond acceptors (Lipinski definition) is 2. The minimum Gasteiger partial charge on any atom is -0.375 e. The van der Waals surface area contributed by atoms with Crippen LogP contribution in [0.15, 0.2) is 91.0 Å². The molecular weight excluding hydrogens is 246 g/mol. The van der Waals surface area contributed by atoms with E-state index in [1.165, 1.54) is 0 Å². The Labute approximate surface area is 118 Å². The zero-order valence-electron chi connectivity index (χ0n) is 11.0. The highest BCUT2D eigenvalue weighted by Crippen LogP contribution is 2.26. The molecule has 0 saturated carbocycles. The molecule has 0 aliphatic heterocycles. The van der Waals surface area contributed by atoms with E-state index in [4.69, 9.17) is 4.84 Å². The fourth-order valence-corrected chi connectivity index (χ4v) is 1.97. The van der Waals surface area contributed by atoms with Gasteiger partial charge in [0, 0.05) is 0 Å². The summed E-state index contributed by atoms with van der Waals surface area (Å²) in [5, 5.41) is 1.83. The molecule has 0 aliphatic carbocycles. The van der Waals surface area contributed by atoms with E-state index in [9.17, 15) is 0 Å². The molecule has 3 rings (SSSR count). The molecule has 0 radical (unpaired) electrons. The zero-order chi connectivity index (χ0) is 13.6. The molecule has 3 aromatic rings. The lowest BCUT2D eigenvalue weighted by Gasteiger charge is -2.24. The van der Waals surface area contributed by atoms with Crippen LogP contribution in [0.25, 0.3) is 0 Å². The Morgan fingerprint density at radius 1 is 0.500 bits per heavy atom. The number of benzene rings is 3. The predicted molar refractivity (Wildman–Crippen MR) is 82.1 cm³/mol. The van der Waals surface area contributed by atoms with Crippen molar-refractivity contribution >= 4 is 11.4 Å². The van der Waals surface area contributed by atoms with Gasteiger partial charge >= 0.3 is 0 Å². The van der Waals surface area contributed by atoms with E-state index in [1.54, 1.807) is 0 Å². The summed E-state index contributed by atoms with van der Waals surface area (Å²) >= 11 is 0. The Hall–Kier alpha value is -2.74. The molecule has 0 aromatic heterocycles. The van der Waals surface area contributed by atoms with Crippen LogP contribution >= 0.6 is 0 Å². The fraction of sp³-hybridized carbons (Fsp3) is 0. The molecule has 20 heavy (non-hydrogen) atoms. The van der Waals surface area contributed by atoms with Gasteiger partial charge < -0.3 is 4.84 Å². The lowest BCUT2D eigenvalue weighted by molar-refractivity contribution is 0.324. The second kappa shape index (κ2) is 5.93. The van der Waals surface area contributed by atoms with Crippen molar-refractivity contribution in [2.24, 2.45) is 0 Å². The van der Waals surface area contributed by atoms with Gasteiger partial charge in [-0.25, -0.2) is 0 Å². The molecule has 0 amide bonds. The molecule has 0 atom stereocenters. The van der Waals surface area contributed by atoms with Crippen molar-refractivity contribution in [1.29, 1.82) is 0 Å². The summed E-state index contributed by atoms with van der Waals surface area (Å²) in [4.78, 5) is 6.02. The Balaban J connectivity index is 1.96. The van der Waals surface area contributed by atoms with Crippen LogP contribution in [0.4, 0.5) is 11.4 Å². The summed E-state index contributed by atoms with van der Waals surface area (Å²) in [7, 11) is 0. The smallest absolute Gasteiger partial charge is 0.155 e. The van der Waals surface area contributed by atoms with E-state index in [-0.39, 0.29) is 0 Å². The van der Waals surface area contributed by atoms with Crippen LogP contribution in [0.2, 0.25) is 0 Å². The molecule has 0 aliphatic rings. The number of rotatable bonds is 4. The average molecular weight is 261 g/mol. The highest BCUT2D eigenvalue weighted by Gasteiger charge is 2.10. The van der Waals surface area contributed by atoms with Crippen LogP contribution < -0.4 is 9.90 Å².